The highest BCUT2D eigenvalue weighted by molar-refractivity contribution is 5.94. The SMILES string of the molecule is C[C@H](NC(=O)[C@H](O)c1cc(F)cc(F)c1)C(=O)N[C@@H]1C(=O)NCC(c2ccccc2)=C[C@H]1c1ccccc1. The van der Waals surface area contributed by atoms with Crippen molar-refractivity contribution < 1.29 is 28.3 Å². The molecule has 9 heteroatoms. The Morgan fingerprint density at radius 2 is 1.55 bits per heavy atom. The molecule has 3 aromatic carbocycles. The standard InChI is InChI=1S/C29H27F2N3O4/c1-17(33-29(38)26(35)20-12-22(30)15-23(31)13-20)27(36)34-25-24(19-10-6-3-7-11-19)14-21(16-32-28(25)37)18-8-4-2-5-9-18/h2-15,17,24-26,35H,16H2,1H3,(H,32,37)(H,33,38)(H,34,36)/t17-,24-,25-,26+/m0/s1. The lowest BCUT2D eigenvalue weighted by Crippen LogP contribution is -2.54. The summed E-state index contributed by atoms with van der Waals surface area (Å²) in [7, 11) is 0. The van der Waals surface area contributed by atoms with Gasteiger partial charge in [-0.15, -0.1) is 0 Å². The predicted octanol–water partition coefficient (Wildman–Crippen LogP) is 2.98. The first kappa shape index (κ1) is 26.7. The van der Waals surface area contributed by atoms with Gasteiger partial charge in [-0.1, -0.05) is 66.7 Å². The third kappa shape index (κ3) is 6.30. The molecule has 0 aromatic heterocycles. The van der Waals surface area contributed by atoms with Crippen LogP contribution in [0.25, 0.3) is 5.57 Å². The van der Waals surface area contributed by atoms with E-state index in [-0.39, 0.29) is 12.1 Å². The van der Waals surface area contributed by atoms with Gasteiger partial charge in [-0.05, 0) is 41.3 Å². The molecule has 3 aromatic rings. The molecule has 3 amide bonds. The van der Waals surface area contributed by atoms with Gasteiger partial charge in [0.25, 0.3) is 5.91 Å². The van der Waals surface area contributed by atoms with Crippen molar-refractivity contribution in [2.24, 2.45) is 0 Å². The number of aliphatic hydroxyl groups excluding tert-OH is 1. The summed E-state index contributed by atoms with van der Waals surface area (Å²) >= 11 is 0. The second kappa shape index (κ2) is 11.8. The minimum absolute atomic E-state index is 0.265. The van der Waals surface area contributed by atoms with E-state index in [0.29, 0.717) is 6.07 Å². The minimum Gasteiger partial charge on any atom is -0.378 e. The molecular weight excluding hydrogens is 492 g/mol. The molecule has 4 N–H and O–H groups in total. The number of aliphatic hydroxyl groups is 1. The van der Waals surface area contributed by atoms with E-state index >= 15 is 0 Å². The largest absolute Gasteiger partial charge is 0.378 e. The molecule has 0 fully saturated rings. The molecule has 0 unspecified atom stereocenters. The summed E-state index contributed by atoms with van der Waals surface area (Å²) in [5.41, 5.74) is 2.34. The molecule has 1 aliphatic heterocycles. The first-order chi connectivity index (χ1) is 18.2. The maximum atomic E-state index is 13.5. The van der Waals surface area contributed by atoms with E-state index in [9.17, 15) is 28.3 Å². The van der Waals surface area contributed by atoms with Crippen molar-refractivity contribution in [3.8, 4) is 0 Å². The Bertz CT molecular complexity index is 1330. The van der Waals surface area contributed by atoms with Crippen LogP contribution in [0.15, 0.2) is 84.9 Å². The molecule has 38 heavy (non-hydrogen) atoms. The molecule has 0 saturated heterocycles. The first-order valence-corrected chi connectivity index (χ1v) is 12.1. The summed E-state index contributed by atoms with van der Waals surface area (Å²) in [5, 5.41) is 18.2. The maximum Gasteiger partial charge on any atom is 0.254 e. The number of hydrogen-bond acceptors (Lipinski definition) is 4. The summed E-state index contributed by atoms with van der Waals surface area (Å²) < 4.78 is 27.0. The molecule has 7 nitrogen and oxygen atoms in total. The molecule has 1 heterocycles. The molecule has 0 spiro atoms. The third-order valence-corrected chi connectivity index (χ3v) is 6.30. The van der Waals surface area contributed by atoms with Gasteiger partial charge in [0.15, 0.2) is 6.10 Å². The number of hydrogen-bond donors (Lipinski definition) is 4. The third-order valence-electron chi connectivity index (χ3n) is 6.30. The zero-order chi connectivity index (χ0) is 27.2. The van der Waals surface area contributed by atoms with Crippen LogP contribution < -0.4 is 16.0 Å². The van der Waals surface area contributed by atoms with Crippen molar-refractivity contribution >= 4 is 23.3 Å². The highest BCUT2D eigenvalue weighted by Gasteiger charge is 2.34. The molecular formula is C29H27F2N3O4. The summed E-state index contributed by atoms with van der Waals surface area (Å²) in [4.78, 5) is 38.7. The highest BCUT2D eigenvalue weighted by Crippen LogP contribution is 2.29. The van der Waals surface area contributed by atoms with Crippen molar-refractivity contribution in [3.63, 3.8) is 0 Å². The van der Waals surface area contributed by atoms with Gasteiger partial charge in [-0.3, -0.25) is 14.4 Å². The predicted molar refractivity (Wildman–Crippen MR) is 137 cm³/mol. The Balaban J connectivity index is 1.53. The van der Waals surface area contributed by atoms with Gasteiger partial charge in [0.05, 0.1) is 0 Å². The number of halogens is 2. The van der Waals surface area contributed by atoms with Crippen molar-refractivity contribution in [3.05, 3.63) is 113 Å². The van der Waals surface area contributed by atoms with Crippen LogP contribution in [-0.2, 0) is 14.4 Å². The average molecular weight is 520 g/mol. The topological polar surface area (TPSA) is 108 Å². The average Bonchev–Trinajstić information content (AvgIpc) is 3.07. The lowest BCUT2D eigenvalue weighted by atomic mass is 9.88. The number of carbonyl (C=O) groups is 3. The Morgan fingerprint density at radius 1 is 0.947 bits per heavy atom. The fourth-order valence-electron chi connectivity index (χ4n) is 4.32. The quantitative estimate of drug-likeness (QED) is 0.385. The second-order valence-electron chi connectivity index (χ2n) is 9.03. The van der Waals surface area contributed by atoms with Crippen LogP contribution in [0.2, 0.25) is 0 Å². The van der Waals surface area contributed by atoms with Gasteiger partial charge >= 0.3 is 0 Å². The summed E-state index contributed by atoms with van der Waals surface area (Å²) in [6, 6.07) is 18.9. The van der Waals surface area contributed by atoms with Gasteiger partial charge in [-0.2, -0.15) is 0 Å². The highest BCUT2D eigenvalue weighted by atomic mass is 19.1. The molecule has 196 valence electrons. The van der Waals surface area contributed by atoms with Crippen molar-refractivity contribution in [2.45, 2.75) is 31.0 Å². The van der Waals surface area contributed by atoms with Crippen LogP contribution in [0.1, 0.15) is 35.6 Å². The number of benzene rings is 3. The van der Waals surface area contributed by atoms with E-state index in [2.05, 4.69) is 16.0 Å². The van der Waals surface area contributed by atoms with Crippen molar-refractivity contribution in [1.82, 2.24) is 16.0 Å². The molecule has 0 radical (unpaired) electrons. The zero-order valence-electron chi connectivity index (χ0n) is 20.5. The van der Waals surface area contributed by atoms with E-state index in [1.807, 2.05) is 66.7 Å². The molecule has 4 atom stereocenters. The van der Waals surface area contributed by atoms with Crippen molar-refractivity contribution in [2.75, 3.05) is 6.54 Å². The van der Waals surface area contributed by atoms with E-state index in [1.54, 1.807) is 0 Å². The Labute approximate surface area is 218 Å². The molecule has 4 rings (SSSR count). The van der Waals surface area contributed by atoms with Crippen LogP contribution in [0.5, 0.6) is 0 Å². The van der Waals surface area contributed by atoms with Gasteiger partial charge in [-0.25, -0.2) is 8.78 Å². The number of carbonyl (C=O) groups excluding carboxylic acids is 3. The van der Waals surface area contributed by atoms with Gasteiger partial charge in [0.2, 0.25) is 11.8 Å². The Morgan fingerprint density at radius 3 is 2.18 bits per heavy atom. The number of nitrogens with one attached hydrogen (secondary N) is 3. The zero-order valence-corrected chi connectivity index (χ0v) is 20.5. The van der Waals surface area contributed by atoms with E-state index < -0.39 is 53.5 Å². The van der Waals surface area contributed by atoms with Crippen LogP contribution in [0.3, 0.4) is 0 Å². The number of amides is 3. The van der Waals surface area contributed by atoms with E-state index in [1.165, 1.54) is 6.92 Å². The van der Waals surface area contributed by atoms with Gasteiger partial charge in [0, 0.05) is 18.5 Å². The fourth-order valence-corrected chi connectivity index (χ4v) is 4.32. The minimum atomic E-state index is -1.90. The van der Waals surface area contributed by atoms with Gasteiger partial charge in [0.1, 0.15) is 23.7 Å². The first-order valence-electron chi connectivity index (χ1n) is 12.1. The molecule has 0 bridgehead atoms. The Hall–Kier alpha value is -4.37. The fraction of sp³-hybridized carbons (Fsp3) is 0.207. The lowest BCUT2D eigenvalue weighted by Gasteiger charge is -2.26. The van der Waals surface area contributed by atoms with E-state index in [0.717, 1.165) is 28.8 Å². The van der Waals surface area contributed by atoms with Crippen LogP contribution in [-0.4, -0.2) is 41.5 Å². The normalized spacial score (nSPS) is 18.8. The van der Waals surface area contributed by atoms with Crippen LogP contribution in [0, 0.1) is 11.6 Å². The van der Waals surface area contributed by atoms with Crippen LogP contribution in [0.4, 0.5) is 8.78 Å². The monoisotopic (exact) mass is 519 g/mol. The lowest BCUT2D eigenvalue weighted by molar-refractivity contribution is -0.135. The summed E-state index contributed by atoms with van der Waals surface area (Å²) in [6.07, 6.45) is 0.0454. The maximum absolute atomic E-state index is 13.5. The molecule has 0 aliphatic carbocycles. The summed E-state index contributed by atoms with van der Waals surface area (Å²) in [5.74, 6) is -4.51. The Kier molecular flexibility index (Phi) is 8.28. The summed E-state index contributed by atoms with van der Waals surface area (Å²) in [6.45, 7) is 1.64. The second-order valence-corrected chi connectivity index (χ2v) is 9.03. The van der Waals surface area contributed by atoms with Gasteiger partial charge < -0.3 is 21.1 Å². The smallest absolute Gasteiger partial charge is 0.254 e. The van der Waals surface area contributed by atoms with Crippen molar-refractivity contribution in [1.29, 1.82) is 0 Å². The number of rotatable bonds is 7. The molecule has 0 saturated carbocycles. The van der Waals surface area contributed by atoms with Crippen LogP contribution >= 0.6 is 0 Å². The molecule has 1 aliphatic rings. The van der Waals surface area contributed by atoms with E-state index in [4.69, 9.17) is 0 Å².